The van der Waals surface area contributed by atoms with Gasteiger partial charge in [0.05, 0.1) is 6.04 Å². The highest BCUT2D eigenvalue weighted by Crippen LogP contribution is 2.23. The molecule has 5 nitrogen and oxygen atoms in total. The third-order valence-corrected chi connectivity index (χ3v) is 4.79. The average Bonchev–Trinajstić information content (AvgIpc) is 3.17. The molecule has 2 fully saturated rings. The van der Waals surface area contributed by atoms with Gasteiger partial charge in [0.2, 0.25) is 0 Å². The standard InChI is InChI=1S/C16H27N5/c1-2-21-7-5-13(12-21)8-18-10-15-11-19-20-16(15)14-4-3-6-17-9-14/h3-4,6,9,13,15-16,18-20H,2,5,7-8,10-12H2,1H3. The molecule has 3 rings (SSSR count). The Morgan fingerprint density at radius 1 is 1.43 bits per heavy atom. The van der Waals surface area contributed by atoms with Crippen molar-refractivity contribution in [2.24, 2.45) is 11.8 Å². The Kier molecular flexibility index (Phi) is 5.19. The van der Waals surface area contributed by atoms with Crippen molar-refractivity contribution in [1.82, 2.24) is 26.1 Å². The van der Waals surface area contributed by atoms with Gasteiger partial charge in [-0.1, -0.05) is 13.0 Å². The fourth-order valence-corrected chi connectivity index (χ4v) is 3.48. The maximum Gasteiger partial charge on any atom is 0.0530 e. The first-order chi connectivity index (χ1) is 10.4. The van der Waals surface area contributed by atoms with Gasteiger partial charge in [0.1, 0.15) is 0 Å². The largest absolute Gasteiger partial charge is 0.316 e. The Morgan fingerprint density at radius 2 is 2.38 bits per heavy atom. The van der Waals surface area contributed by atoms with E-state index >= 15 is 0 Å². The van der Waals surface area contributed by atoms with Crippen LogP contribution in [-0.4, -0.2) is 49.2 Å². The van der Waals surface area contributed by atoms with Gasteiger partial charge >= 0.3 is 0 Å². The summed E-state index contributed by atoms with van der Waals surface area (Å²) in [6, 6.07) is 4.53. The van der Waals surface area contributed by atoms with Crippen molar-refractivity contribution >= 4 is 0 Å². The van der Waals surface area contributed by atoms with E-state index in [2.05, 4.69) is 39.0 Å². The molecule has 21 heavy (non-hydrogen) atoms. The van der Waals surface area contributed by atoms with E-state index in [1.807, 2.05) is 18.5 Å². The van der Waals surface area contributed by atoms with Gasteiger partial charge in [0, 0.05) is 37.9 Å². The van der Waals surface area contributed by atoms with Gasteiger partial charge in [-0.3, -0.25) is 10.4 Å². The van der Waals surface area contributed by atoms with Crippen LogP contribution in [0, 0.1) is 11.8 Å². The summed E-state index contributed by atoms with van der Waals surface area (Å²) in [7, 11) is 0. The zero-order valence-electron chi connectivity index (χ0n) is 12.9. The normalized spacial score (nSPS) is 30.0. The minimum absolute atomic E-state index is 0.363. The van der Waals surface area contributed by atoms with Crippen molar-refractivity contribution in [3.63, 3.8) is 0 Å². The second-order valence-corrected chi connectivity index (χ2v) is 6.26. The van der Waals surface area contributed by atoms with Crippen molar-refractivity contribution in [3.8, 4) is 0 Å². The average molecular weight is 289 g/mol. The highest BCUT2D eigenvalue weighted by molar-refractivity contribution is 5.16. The quantitative estimate of drug-likeness (QED) is 0.722. The molecule has 0 saturated carbocycles. The Hall–Kier alpha value is -1.01. The molecule has 0 bridgehead atoms. The first kappa shape index (κ1) is 14.9. The molecular weight excluding hydrogens is 262 g/mol. The summed E-state index contributed by atoms with van der Waals surface area (Å²) in [5.74, 6) is 1.40. The number of pyridine rings is 1. The first-order valence-electron chi connectivity index (χ1n) is 8.18. The van der Waals surface area contributed by atoms with Gasteiger partial charge in [0.15, 0.2) is 0 Å². The Morgan fingerprint density at radius 3 is 3.14 bits per heavy atom. The molecule has 1 aromatic rings. The molecule has 0 aliphatic carbocycles. The molecule has 3 N–H and O–H groups in total. The van der Waals surface area contributed by atoms with Crippen LogP contribution in [0.15, 0.2) is 24.5 Å². The first-order valence-corrected chi connectivity index (χ1v) is 8.18. The minimum atomic E-state index is 0.363. The van der Waals surface area contributed by atoms with E-state index in [9.17, 15) is 0 Å². The minimum Gasteiger partial charge on any atom is -0.316 e. The molecule has 0 aromatic carbocycles. The predicted octanol–water partition coefficient (Wildman–Crippen LogP) is 0.778. The van der Waals surface area contributed by atoms with E-state index in [4.69, 9.17) is 0 Å². The molecule has 2 aliphatic heterocycles. The number of hydrogen-bond acceptors (Lipinski definition) is 5. The molecule has 0 amide bonds. The van der Waals surface area contributed by atoms with Crippen LogP contribution in [0.25, 0.3) is 0 Å². The fourth-order valence-electron chi connectivity index (χ4n) is 3.48. The monoisotopic (exact) mass is 289 g/mol. The van der Waals surface area contributed by atoms with E-state index in [-0.39, 0.29) is 0 Å². The number of rotatable bonds is 6. The lowest BCUT2D eigenvalue weighted by Crippen LogP contribution is -2.32. The van der Waals surface area contributed by atoms with E-state index in [1.165, 1.54) is 31.6 Å². The lowest BCUT2D eigenvalue weighted by molar-refractivity contribution is 0.335. The molecular formula is C16H27N5. The molecule has 2 saturated heterocycles. The molecule has 3 atom stereocenters. The Bertz CT molecular complexity index is 424. The molecule has 0 radical (unpaired) electrons. The lowest BCUT2D eigenvalue weighted by atomic mass is 9.96. The van der Waals surface area contributed by atoms with E-state index in [0.717, 1.165) is 25.6 Å². The van der Waals surface area contributed by atoms with E-state index in [0.29, 0.717) is 12.0 Å². The predicted molar refractivity (Wildman–Crippen MR) is 84.7 cm³/mol. The van der Waals surface area contributed by atoms with Crippen LogP contribution in [0.3, 0.4) is 0 Å². The highest BCUT2D eigenvalue weighted by atomic mass is 15.4. The maximum absolute atomic E-state index is 4.23. The molecule has 1 aromatic heterocycles. The number of likely N-dealkylation sites (tertiary alicyclic amines) is 1. The van der Waals surface area contributed by atoms with Crippen LogP contribution >= 0.6 is 0 Å². The van der Waals surface area contributed by atoms with Gasteiger partial charge in [-0.2, -0.15) is 0 Å². The van der Waals surface area contributed by atoms with Gasteiger partial charge in [0.25, 0.3) is 0 Å². The maximum atomic E-state index is 4.23. The van der Waals surface area contributed by atoms with Crippen LogP contribution in [-0.2, 0) is 0 Å². The number of hydrogen-bond donors (Lipinski definition) is 3. The highest BCUT2D eigenvalue weighted by Gasteiger charge is 2.28. The summed E-state index contributed by atoms with van der Waals surface area (Å²) in [5, 5.41) is 3.69. The topological polar surface area (TPSA) is 52.2 Å². The van der Waals surface area contributed by atoms with Crippen LogP contribution in [0.1, 0.15) is 24.9 Å². The molecule has 3 unspecified atom stereocenters. The molecule has 5 heteroatoms. The van der Waals surface area contributed by atoms with Gasteiger partial charge in [-0.25, -0.2) is 5.43 Å². The van der Waals surface area contributed by atoms with E-state index < -0.39 is 0 Å². The van der Waals surface area contributed by atoms with Gasteiger partial charge < -0.3 is 10.2 Å². The van der Waals surface area contributed by atoms with Crippen molar-refractivity contribution in [2.75, 3.05) is 39.3 Å². The summed E-state index contributed by atoms with van der Waals surface area (Å²) in [5.41, 5.74) is 7.94. The third-order valence-electron chi connectivity index (χ3n) is 4.79. The summed E-state index contributed by atoms with van der Waals surface area (Å²) in [6.45, 7) is 9.19. The summed E-state index contributed by atoms with van der Waals surface area (Å²) in [6.07, 6.45) is 5.14. The second-order valence-electron chi connectivity index (χ2n) is 6.26. The van der Waals surface area contributed by atoms with Crippen LogP contribution in [0.2, 0.25) is 0 Å². The van der Waals surface area contributed by atoms with E-state index in [1.54, 1.807) is 0 Å². The number of nitrogens with zero attached hydrogens (tertiary/aromatic N) is 2. The number of hydrazine groups is 1. The number of aromatic nitrogens is 1. The van der Waals surface area contributed by atoms with Gasteiger partial charge in [-0.05, 0) is 43.6 Å². The van der Waals surface area contributed by atoms with Crippen LogP contribution in [0.5, 0.6) is 0 Å². The van der Waals surface area contributed by atoms with Gasteiger partial charge in [-0.15, -0.1) is 0 Å². The number of nitrogens with one attached hydrogen (secondary N) is 3. The summed E-state index contributed by atoms with van der Waals surface area (Å²) >= 11 is 0. The van der Waals surface area contributed by atoms with Crippen molar-refractivity contribution in [1.29, 1.82) is 0 Å². The zero-order chi connectivity index (χ0) is 14.5. The Labute approximate surface area is 127 Å². The Balaban J connectivity index is 1.44. The third kappa shape index (κ3) is 3.80. The second kappa shape index (κ2) is 7.31. The lowest BCUT2D eigenvalue weighted by Gasteiger charge is -2.20. The van der Waals surface area contributed by atoms with Crippen molar-refractivity contribution in [3.05, 3.63) is 30.1 Å². The summed E-state index contributed by atoms with van der Waals surface area (Å²) in [4.78, 5) is 6.78. The molecule has 0 spiro atoms. The summed E-state index contributed by atoms with van der Waals surface area (Å²) < 4.78 is 0. The fraction of sp³-hybridized carbons (Fsp3) is 0.688. The zero-order valence-corrected chi connectivity index (χ0v) is 12.9. The molecule has 3 heterocycles. The van der Waals surface area contributed by atoms with Crippen LogP contribution < -0.4 is 16.2 Å². The van der Waals surface area contributed by atoms with Crippen molar-refractivity contribution < 1.29 is 0 Å². The van der Waals surface area contributed by atoms with Crippen molar-refractivity contribution in [2.45, 2.75) is 19.4 Å². The molecule has 116 valence electrons. The van der Waals surface area contributed by atoms with Crippen LogP contribution in [0.4, 0.5) is 0 Å². The smallest absolute Gasteiger partial charge is 0.0530 e. The molecule has 2 aliphatic rings. The SMILES string of the molecule is CCN1CCC(CNCC2CNNC2c2cccnc2)C1.